The lowest BCUT2D eigenvalue weighted by molar-refractivity contribution is 0.0930. The zero-order chi connectivity index (χ0) is 28.3. The number of carbonyl (C=O) groups excluding carboxylic acids is 1. The van der Waals surface area contributed by atoms with Crippen molar-refractivity contribution in [3.63, 3.8) is 0 Å². The van der Waals surface area contributed by atoms with E-state index in [0.717, 1.165) is 43.9 Å². The molecule has 1 fully saturated rings. The van der Waals surface area contributed by atoms with Crippen molar-refractivity contribution in [2.45, 2.75) is 53.1 Å². The van der Waals surface area contributed by atoms with E-state index in [4.69, 9.17) is 4.74 Å². The second-order valence-electron chi connectivity index (χ2n) is 10.6. The van der Waals surface area contributed by atoms with Gasteiger partial charge in [0, 0.05) is 44.8 Å². The molecule has 2 N–H and O–H groups in total. The SMILES string of the molecule is CCN1CCN(Cc2ccc(-n3c(C(=O)NC(C)C)nnc3-c3cc(C(C)C)c(OC)cc3O)c(F)c2)CC1. The second kappa shape index (κ2) is 12.1. The monoisotopic (exact) mass is 538 g/mol. The standard InChI is InChI=1S/C29H39FN6O3/c1-7-34-10-12-35(13-11-34)17-20-8-9-24(23(30)14-20)36-27(32-33-28(36)29(38)31-19(4)5)22-15-21(18(2)3)26(39-6)16-25(22)37/h8-9,14-16,18-19,37H,7,10-13,17H2,1-6H3,(H,31,38). The van der Waals surface area contributed by atoms with Gasteiger partial charge in [0.1, 0.15) is 17.3 Å². The van der Waals surface area contributed by atoms with Gasteiger partial charge in [0.05, 0.1) is 18.4 Å². The van der Waals surface area contributed by atoms with Gasteiger partial charge in [-0.2, -0.15) is 0 Å². The number of methoxy groups -OCH3 is 1. The van der Waals surface area contributed by atoms with E-state index >= 15 is 4.39 Å². The number of aromatic nitrogens is 3. The smallest absolute Gasteiger partial charge is 0.289 e. The number of hydrogen-bond donors (Lipinski definition) is 2. The molecule has 3 aromatic rings. The Labute approximate surface area is 229 Å². The normalized spacial score (nSPS) is 14.8. The van der Waals surface area contributed by atoms with Crippen LogP contribution in [0.2, 0.25) is 0 Å². The molecule has 0 bridgehead atoms. The highest BCUT2D eigenvalue weighted by molar-refractivity contribution is 5.92. The maximum absolute atomic E-state index is 15.8. The summed E-state index contributed by atoms with van der Waals surface area (Å²) in [5.41, 5.74) is 2.14. The van der Waals surface area contributed by atoms with Crippen molar-refractivity contribution in [1.29, 1.82) is 0 Å². The van der Waals surface area contributed by atoms with Crippen molar-refractivity contribution in [3.8, 4) is 28.6 Å². The van der Waals surface area contributed by atoms with Crippen LogP contribution in [0.3, 0.4) is 0 Å². The molecular weight excluding hydrogens is 499 g/mol. The number of ether oxygens (including phenoxy) is 1. The minimum absolute atomic E-state index is 0.0673. The van der Waals surface area contributed by atoms with E-state index in [1.165, 1.54) is 23.8 Å². The number of phenolic OH excluding ortho intramolecular Hbond substituents is 1. The molecule has 0 radical (unpaired) electrons. The minimum atomic E-state index is -0.503. The Hall–Kier alpha value is -3.50. The fourth-order valence-electron chi connectivity index (χ4n) is 4.91. The molecular formula is C29H39FN6O3. The molecule has 0 spiro atoms. The van der Waals surface area contributed by atoms with Crippen LogP contribution in [0, 0.1) is 5.82 Å². The number of benzene rings is 2. The number of nitrogens with zero attached hydrogens (tertiary/aromatic N) is 5. The van der Waals surface area contributed by atoms with Gasteiger partial charge >= 0.3 is 0 Å². The number of piperazine rings is 1. The first-order chi connectivity index (χ1) is 18.6. The Balaban J connectivity index is 1.77. The predicted octanol–water partition coefficient (Wildman–Crippen LogP) is 4.19. The fraction of sp³-hybridized carbons (Fsp3) is 0.483. The summed E-state index contributed by atoms with van der Waals surface area (Å²) in [5.74, 6) is -0.394. The molecule has 1 amide bonds. The third-order valence-electron chi connectivity index (χ3n) is 7.07. The molecule has 1 aliphatic rings. The highest BCUT2D eigenvalue weighted by Gasteiger charge is 2.27. The van der Waals surface area contributed by atoms with Gasteiger partial charge in [0.25, 0.3) is 5.91 Å². The number of nitrogens with one attached hydrogen (secondary N) is 1. The first-order valence-electron chi connectivity index (χ1n) is 13.5. The summed E-state index contributed by atoms with van der Waals surface area (Å²) >= 11 is 0. The maximum atomic E-state index is 15.8. The van der Waals surface area contributed by atoms with Gasteiger partial charge in [-0.15, -0.1) is 10.2 Å². The van der Waals surface area contributed by atoms with E-state index < -0.39 is 11.7 Å². The number of amides is 1. The molecule has 10 heteroatoms. The van der Waals surface area contributed by atoms with Crippen LogP contribution in [0.5, 0.6) is 11.5 Å². The second-order valence-corrected chi connectivity index (χ2v) is 10.6. The molecule has 1 aliphatic heterocycles. The summed E-state index contributed by atoms with van der Waals surface area (Å²) < 4.78 is 22.6. The number of phenols is 1. The number of likely N-dealkylation sites (N-methyl/N-ethyl adjacent to an activating group) is 1. The average Bonchev–Trinajstić information content (AvgIpc) is 3.33. The van der Waals surface area contributed by atoms with Crippen molar-refractivity contribution < 1.29 is 19.0 Å². The van der Waals surface area contributed by atoms with E-state index in [1.807, 2.05) is 33.8 Å². The van der Waals surface area contributed by atoms with Crippen LogP contribution in [0.4, 0.5) is 4.39 Å². The van der Waals surface area contributed by atoms with Crippen LogP contribution >= 0.6 is 0 Å². The highest BCUT2D eigenvalue weighted by atomic mass is 19.1. The van der Waals surface area contributed by atoms with E-state index in [9.17, 15) is 9.90 Å². The number of halogens is 1. The maximum Gasteiger partial charge on any atom is 0.289 e. The van der Waals surface area contributed by atoms with Crippen molar-refractivity contribution in [1.82, 2.24) is 29.9 Å². The Morgan fingerprint density at radius 3 is 2.36 bits per heavy atom. The Morgan fingerprint density at radius 1 is 1.08 bits per heavy atom. The number of carbonyl (C=O) groups is 1. The summed E-state index contributed by atoms with van der Waals surface area (Å²) in [4.78, 5) is 17.8. The molecule has 4 rings (SSSR count). The topological polar surface area (TPSA) is 95.8 Å². The van der Waals surface area contributed by atoms with Crippen molar-refractivity contribution in [3.05, 3.63) is 53.1 Å². The molecule has 0 saturated carbocycles. The zero-order valence-corrected chi connectivity index (χ0v) is 23.7. The largest absolute Gasteiger partial charge is 0.507 e. The summed E-state index contributed by atoms with van der Waals surface area (Å²) in [6.45, 7) is 15.4. The molecule has 39 heavy (non-hydrogen) atoms. The Kier molecular flexibility index (Phi) is 8.87. The zero-order valence-electron chi connectivity index (χ0n) is 23.7. The van der Waals surface area contributed by atoms with Gasteiger partial charge in [-0.05, 0) is 55.6 Å². The summed E-state index contributed by atoms with van der Waals surface area (Å²) in [6, 6.07) is 8.12. The highest BCUT2D eigenvalue weighted by Crippen LogP contribution is 2.39. The van der Waals surface area contributed by atoms with Crippen LogP contribution < -0.4 is 10.1 Å². The molecule has 0 aliphatic carbocycles. The molecule has 0 unspecified atom stereocenters. The van der Waals surface area contributed by atoms with Gasteiger partial charge in [0.2, 0.25) is 5.82 Å². The lowest BCUT2D eigenvalue weighted by Gasteiger charge is -2.34. The summed E-state index contributed by atoms with van der Waals surface area (Å²) in [6.07, 6.45) is 0. The predicted molar refractivity (Wildman–Crippen MR) is 149 cm³/mol. The van der Waals surface area contributed by atoms with Crippen LogP contribution in [-0.2, 0) is 6.54 Å². The van der Waals surface area contributed by atoms with Gasteiger partial charge < -0.3 is 20.1 Å². The molecule has 1 saturated heterocycles. The molecule has 1 aromatic heterocycles. The molecule has 0 atom stereocenters. The van der Waals surface area contributed by atoms with E-state index in [0.29, 0.717) is 17.9 Å². The molecule has 2 heterocycles. The summed E-state index contributed by atoms with van der Waals surface area (Å²) in [5, 5.41) is 22.1. The van der Waals surface area contributed by atoms with Crippen LogP contribution in [0.15, 0.2) is 30.3 Å². The first kappa shape index (κ1) is 28.5. The average molecular weight is 539 g/mol. The lowest BCUT2D eigenvalue weighted by atomic mass is 9.98. The van der Waals surface area contributed by atoms with Crippen molar-refractivity contribution in [2.75, 3.05) is 39.8 Å². The van der Waals surface area contributed by atoms with Crippen molar-refractivity contribution >= 4 is 5.91 Å². The molecule has 9 nitrogen and oxygen atoms in total. The summed E-state index contributed by atoms with van der Waals surface area (Å²) in [7, 11) is 1.54. The Morgan fingerprint density at radius 2 is 1.77 bits per heavy atom. The fourth-order valence-corrected chi connectivity index (χ4v) is 4.91. The van der Waals surface area contributed by atoms with Crippen LogP contribution in [-0.4, -0.2) is 81.5 Å². The van der Waals surface area contributed by atoms with Gasteiger partial charge in [-0.1, -0.05) is 26.8 Å². The third kappa shape index (κ3) is 6.23. The number of hydrogen-bond acceptors (Lipinski definition) is 7. The number of aromatic hydroxyl groups is 1. The third-order valence-corrected chi connectivity index (χ3v) is 7.07. The molecule has 210 valence electrons. The van der Waals surface area contributed by atoms with Gasteiger partial charge in [-0.25, -0.2) is 4.39 Å². The quantitative estimate of drug-likeness (QED) is 0.422. The van der Waals surface area contributed by atoms with E-state index in [2.05, 4.69) is 32.2 Å². The number of rotatable bonds is 9. The van der Waals surface area contributed by atoms with Gasteiger partial charge in [-0.3, -0.25) is 14.3 Å². The van der Waals surface area contributed by atoms with E-state index in [1.54, 1.807) is 12.1 Å². The van der Waals surface area contributed by atoms with Crippen LogP contribution in [0.25, 0.3) is 17.1 Å². The molecule has 2 aromatic carbocycles. The minimum Gasteiger partial charge on any atom is -0.507 e. The lowest BCUT2D eigenvalue weighted by Crippen LogP contribution is -2.45. The van der Waals surface area contributed by atoms with E-state index in [-0.39, 0.29) is 35.0 Å². The van der Waals surface area contributed by atoms with Gasteiger partial charge in [0.15, 0.2) is 5.82 Å². The Bertz CT molecular complexity index is 1310. The van der Waals surface area contributed by atoms with Crippen LogP contribution in [0.1, 0.15) is 62.3 Å². The van der Waals surface area contributed by atoms with Crippen molar-refractivity contribution in [2.24, 2.45) is 0 Å². The first-order valence-corrected chi connectivity index (χ1v) is 13.5.